The summed E-state index contributed by atoms with van der Waals surface area (Å²) >= 11 is 0. The van der Waals surface area contributed by atoms with Gasteiger partial charge < -0.3 is 27.1 Å². The Bertz CT molecular complexity index is 10500. The van der Waals surface area contributed by atoms with Gasteiger partial charge in [0.2, 0.25) is 0 Å². The minimum Gasteiger partial charge on any atom is -0.456 e. The fraction of sp³-hybridized carbons (Fsp3) is 0. The molecule has 6 heterocycles. The standard InChI is InChI=1S/2C38H23NO.C32H21N.C26H17N/c1-3-13-28-24(9-1)20-22-34-36(28)33-21-19-25-10-2-4-14-29(25)37(33)39(34)27-12-7-11-26(23-27)30-16-8-17-32-31-15-5-6-18-35(31)40-38(30)32;1-3-13-28-24(9-1)20-22-33-36(28)32-21-19-25-10-2-4-14-30(25)38(32)39(33)27-12-7-11-26(23-27)29-16-8-18-35-37(29)31-15-5-6-17-34(31)40-35;1-2-9-22(10-3-1)25-13-8-14-26(21-25)33-30-20-18-23-11-4-6-15-27(23)31(30)29-19-17-24-12-5-7-16-28(24)32(29)33;1-2-10-20(11-3-1)27-24-17-15-18-8-4-6-12-21(18)25(24)23-16-14-19-9-5-7-13-22(19)26(23)27/h2*1-23H;1-21H;1-17H. The predicted octanol–water partition coefficient (Wildman–Crippen LogP) is 37.2. The molecule has 31 aromatic rings. The Hall–Kier alpha value is -18.6. The molecule has 0 aliphatic rings. The zero-order valence-corrected chi connectivity index (χ0v) is 76.1. The van der Waals surface area contributed by atoms with Crippen molar-refractivity contribution in [3.8, 4) is 56.1 Å². The highest BCUT2D eigenvalue weighted by Crippen LogP contribution is 2.49. The topological polar surface area (TPSA) is 46.0 Å². The molecule has 652 valence electrons. The van der Waals surface area contributed by atoms with Crippen molar-refractivity contribution in [1.82, 2.24) is 18.3 Å². The summed E-state index contributed by atoms with van der Waals surface area (Å²) in [6.07, 6.45) is 0. The molecule has 0 atom stereocenters. The van der Waals surface area contributed by atoms with Crippen LogP contribution < -0.4 is 0 Å². The number of nitrogens with zero attached hydrogens (tertiary/aromatic N) is 4. The van der Waals surface area contributed by atoms with E-state index in [1.54, 1.807) is 0 Å². The molecule has 25 aromatic carbocycles. The average molecular weight is 1780 g/mol. The van der Waals surface area contributed by atoms with Crippen LogP contribution in [-0.4, -0.2) is 18.3 Å². The second-order valence-corrected chi connectivity index (χ2v) is 36.7. The Balaban J connectivity index is 0.0000000926. The first kappa shape index (κ1) is 79.9. The van der Waals surface area contributed by atoms with Gasteiger partial charge in [-0.25, -0.2) is 0 Å². The van der Waals surface area contributed by atoms with Crippen molar-refractivity contribution in [3.63, 3.8) is 0 Å². The minimum atomic E-state index is 0.915. The summed E-state index contributed by atoms with van der Waals surface area (Å²) < 4.78 is 22.4. The van der Waals surface area contributed by atoms with Gasteiger partial charge in [0.15, 0.2) is 0 Å². The first-order chi connectivity index (χ1) is 69.5. The summed E-state index contributed by atoms with van der Waals surface area (Å²) in [4.78, 5) is 0. The first-order valence-electron chi connectivity index (χ1n) is 48.1. The predicted molar refractivity (Wildman–Crippen MR) is 594 cm³/mol. The molecule has 0 unspecified atom stereocenters. The third kappa shape index (κ3) is 12.8. The van der Waals surface area contributed by atoms with E-state index in [0.29, 0.717) is 0 Å². The summed E-state index contributed by atoms with van der Waals surface area (Å²) in [5.74, 6) is 0. The smallest absolute Gasteiger partial charge is 0.143 e. The van der Waals surface area contributed by atoms with Crippen LogP contribution in [0, 0.1) is 0 Å². The SMILES string of the molecule is c1cc(-c2cccc3c2oc2ccccc23)cc(-n2c3ccc4ccccc4c3c3ccc4ccccc4c32)c1.c1cc(-c2cccc3oc4ccccc4c23)cc(-n2c3ccc4ccccc4c3c3ccc4ccccc4c32)c1.c1ccc(-c2cccc(-n3c4ccc5ccccc5c4c4ccc5ccccc5c43)c2)cc1.c1ccc(-n2c3ccc4ccccc4c3c3ccc4ccccc4c32)cc1. The highest BCUT2D eigenvalue weighted by molar-refractivity contribution is 6.31. The van der Waals surface area contributed by atoms with Crippen molar-refractivity contribution < 1.29 is 8.83 Å². The van der Waals surface area contributed by atoms with E-state index in [4.69, 9.17) is 8.83 Å². The molecule has 140 heavy (non-hydrogen) atoms. The summed E-state index contributed by atoms with van der Waals surface area (Å²) in [7, 11) is 0. The lowest BCUT2D eigenvalue weighted by molar-refractivity contribution is 0.669. The number of hydrogen-bond acceptors (Lipinski definition) is 2. The Morgan fingerprint density at radius 2 is 0.400 bits per heavy atom. The average Bonchev–Trinajstić information content (AvgIpc) is 1.57. The van der Waals surface area contributed by atoms with Crippen LogP contribution in [0.3, 0.4) is 0 Å². The van der Waals surface area contributed by atoms with Crippen LogP contribution in [0.15, 0.2) is 518 Å². The van der Waals surface area contributed by atoms with Crippen molar-refractivity contribution in [1.29, 1.82) is 0 Å². The van der Waals surface area contributed by atoms with Crippen LogP contribution in [0.4, 0.5) is 0 Å². The molecule has 0 aliphatic heterocycles. The molecule has 6 heteroatoms. The largest absolute Gasteiger partial charge is 0.456 e. The second kappa shape index (κ2) is 32.6. The number of rotatable bonds is 7. The number of para-hydroxylation sites is 4. The first-order valence-corrected chi connectivity index (χ1v) is 48.1. The highest BCUT2D eigenvalue weighted by Gasteiger charge is 2.25. The van der Waals surface area contributed by atoms with Crippen LogP contribution in [0.25, 0.3) is 273 Å². The van der Waals surface area contributed by atoms with Gasteiger partial charge in [-0.1, -0.05) is 419 Å². The monoisotopic (exact) mass is 1780 g/mol. The summed E-state index contributed by atoms with van der Waals surface area (Å²) in [5.41, 5.74) is 25.4. The molecule has 0 fully saturated rings. The quantitative estimate of drug-likeness (QED) is 0.160. The molecule has 0 radical (unpaired) electrons. The summed E-state index contributed by atoms with van der Waals surface area (Å²) in [6, 6.07) is 183. The zero-order chi connectivity index (χ0) is 92.0. The van der Waals surface area contributed by atoms with Gasteiger partial charge in [0, 0.05) is 114 Å². The molecule has 0 N–H and O–H groups in total. The van der Waals surface area contributed by atoms with E-state index in [1.165, 1.54) is 207 Å². The molecule has 6 aromatic heterocycles. The molecule has 0 saturated carbocycles. The third-order valence-corrected chi connectivity index (χ3v) is 29.0. The number of aromatic nitrogens is 4. The maximum atomic E-state index is 6.41. The molecule has 0 bridgehead atoms. The Kier molecular flexibility index (Phi) is 18.6. The molecular formula is C134H84N4O2. The van der Waals surface area contributed by atoms with E-state index in [-0.39, 0.29) is 0 Å². The Morgan fingerprint density at radius 1 is 0.136 bits per heavy atom. The van der Waals surface area contributed by atoms with E-state index in [2.05, 4.69) is 504 Å². The molecular weight excluding hydrogens is 1700 g/mol. The third-order valence-electron chi connectivity index (χ3n) is 29.0. The molecule has 0 saturated heterocycles. The van der Waals surface area contributed by atoms with Gasteiger partial charge in [-0.3, -0.25) is 0 Å². The maximum absolute atomic E-state index is 6.41. The van der Waals surface area contributed by atoms with E-state index in [9.17, 15) is 0 Å². The van der Waals surface area contributed by atoms with E-state index < -0.39 is 0 Å². The maximum Gasteiger partial charge on any atom is 0.143 e. The van der Waals surface area contributed by atoms with Crippen LogP contribution in [-0.2, 0) is 0 Å². The van der Waals surface area contributed by atoms with E-state index in [0.717, 1.165) is 66.4 Å². The Morgan fingerprint density at radius 3 is 0.814 bits per heavy atom. The summed E-state index contributed by atoms with van der Waals surface area (Å²) in [6.45, 7) is 0. The van der Waals surface area contributed by atoms with Gasteiger partial charge in [-0.05, 0) is 183 Å². The second-order valence-electron chi connectivity index (χ2n) is 36.7. The number of hydrogen-bond donors (Lipinski definition) is 0. The van der Waals surface area contributed by atoms with Gasteiger partial charge in [0.25, 0.3) is 0 Å². The molecule has 0 aliphatic carbocycles. The van der Waals surface area contributed by atoms with Gasteiger partial charge in [-0.15, -0.1) is 0 Å². The van der Waals surface area contributed by atoms with Crippen molar-refractivity contribution in [2.24, 2.45) is 0 Å². The number of furan rings is 2. The van der Waals surface area contributed by atoms with Crippen molar-refractivity contribution in [2.45, 2.75) is 0 Å². The Labute approximate surface area is 804 Å². The van der Waals surface area contributed by atoms with Crippen molar-refractivity contribution in [2.75, 3.05) is 0 Å². The van der Waals surface area contributed by atoms with Gasteiger partial charge in [0.1, 0.15) is 22.3 Å². The molecule has 6 nitrogen and oxygen atoms in total. The zero-order valence-electron chi connectivity index (χ0n) is 76.1. The van der Waals surface area contributed by atoms with Crippen LogP contribution >= 0.6 is 0 Å². The van der Waals surface area contributed by atoms with Gasteiger partial charge >= 0.3 is 0 Å². The summed E-state index contributed by atoms with van der Waals surface area (Å²) in [5, 5.41) is 35.3. The van der Waals surface area contributed by atoms with E-state index in [1.807, 2.05) is 24.3 Å². The lowest BCUT2D eigenvalue weighted by Gasteiger charge is -2.12. The van der Waals surface area contributed by atoms with Crippen LogP contribution in [0.2, 0.25) is 0 Å². The normalized spacial score (nSPS) is 11.9. The number of benzene rings is 25. The van der Waals surface area contributed by atoms with Gasteiger partial charge in [0.05, 0.1) is 44.1 Å². The van der Waals surface area contributed by atoms with Crippen LogP contribution in [0.1, 0.15) is 0 Å². The van der Waals surface area contributed by atoms with Gasteiger partial charge in [-0.2, -0.15) is 0 Å². The molecule has 0 spiro atoms. The van der Waals surface area contributed by atoms with Crippen molar-refractivity contribution in [3.05, 3.63) is 510 Å². The lowest BCUT2D eigenvalue weighted by atomic mass is 9.99. The molecule has 0 amide bonds. The van der Waals surface area contributed by atoms with Crippen molar-refractivity contribution >= 4 is 217 Å². The van der Waals surface area contributed by atoms with Crippen LogP contribution in [0.5, 0.6) is 0 Å². The lowest BCUT2D eigenvalue weighted by Crippen LogP contribution is -1.95. The van der Waals surface area contributed by atoms with E-state index >= 15 is 0 Å². The fourth-order valence-electron chi connectivity index (χ4n) is 22.9. The molecule has 31 rings (SSSR count). The minimum absolute atomic E-state index is 0.915. The number of fused-ring (bicyclic) bond motifs is 34. The fourth-order valence-corrected chi connectivity index (χ4v) is 22.9. The highest BCUT2D eigenvalue weighted by atomic mass is 16.3.